The number of likely N-dealkylation sites (tertiary alicyclic amines) is 1. The zero-order valence-electron chi connectivity index (χ0n) is 15.8. The molecule has 0 atom stereocenters. The number of carbonyl (C=O) groups is 2. The van der Waals surface area contributed by atoms with Crippen LogP contribution in [0.5, 0.6) is 0 Å². The summed E-state index contributed by atoms with van der Waals surface area (Å²) in [6.07, 6.45) is 3.17. The number of anilines is 2. The first kappa shape index (κ1) is 20.4. The van der Waals surface area contributed by atoms with Gasteiger partial charge in [0.25, 0.3) is 5.91 Å². The van der Waals surface area contributed by atoms with Crippen molar-refractivity contribution in [1.29, 1.82) is 0 Å². The summed E-state index contributed by atoms with van der Waals surface area (Å²) in [6.45, 7) is 3.03. The predicted octanol–water partition coefficient (Wildman–Crippen LogP) is 4.09. The number of aromatic nitrogens is 1. The minimum Gasteiger partial charge on any atom is -0.371 e. The predicted molar refractivity (Wildman–Crippen MR) is 112 cm³/mol. The van der Waals surface area contributed by atoms with Gasteiger partial charge in [-0.05, 0) is 43.2 Å². The molecule has 1 aliphatic heterocycles. The number of piperidine rings is 1. The summed E-state index contributed by atoms with van der Waals surface area (Å²) in [5.74, 6) is 0.223. The van der Waals surface area contributed by atoms with Gasteiger partial charge in [0, 0.05) is 50.0 Å². The maximum Gasteiger partial charge on any atom is 0.258 e. The highest BCUT2D eigenvalue weighted by molar-refractivity contribution is 6.31. The first-order valence-electron chi connectivity index (χ1n) is 9.06. The Morgan fingerprint density at radius 3 is 2.43 bits per heavy atom. The number of carbonyl (C=O) groups excluding carboxylic acids is 2. The van der Waals surface area contributed by atoms with E-state index in [1.807, 2.05) is 18.0 Å². The third-order valence-corrected chi connectivity index (χ3v) is 5.47. The number of halogens is 2. The monoisotopic (exact) mass is 420 g/mol. The second kappa shape index (κ2) is 8.80. The van der Waals surface area contributed by atoms with Gasteiger partial charge in [0.1, 0.15) is 5.82 Å². The van der Waals surface area contributed by atoms with E-state index in [-0.39, 0.29) is 17.9 Å². The summed E-state index contributed by atoms with van der Waals surface area (Å²) in [4.78, 5) is 32.5. The van der Waals surface area contributed by atoms with Crippen molar-refractivity contribution in [3.05, 3.63) is 52.1 Å². The fraction of sp³-hybridized carbons (Fsp3) is 0.350. The zero-order chi connectivity index (χ0) is 20.3. The molecule has 1 N–H and O–H groups in total. The van der Waals surface area contributed by atoms with Crippen LogP contribution >= 0.6 is 23.2 Å². The Morgan fingerprint density at radius 2 is 1.82 bits per heavy atom. The summed E-state index contributed by atoms with van der Waals surface area (Å²) in [5.41, 5.74) is 1.26. The van der Waals surface area contributed by atoms with Crippen LogP contribution in [-0.4, -0.2) is 47.9 Å². The molecular weight excluding hydrogens is 399 g/mol. The summed E-state index contributed by atoms with van der Waals surface area (Å²) in [6, 6.07) is 8.82. The molecular formula is C20H22Cl2N4O2. The van der Waals surface area contributed by atoms with Crippen LogP contribution in [0.2, 0.25) is 10.0 Å². The van der Waals surface area contributed by atoms with Gasteiger partial charge in [-0.3, -0.25) is 9.59 Å². The smallest absolute Gasteiger partial charge is 0.258 e. The molecule has 8 heteroatoms. The van der Waals surface area contributed by atoms with Crippen LogP contribution in [-0.2, 0) is 4.79 Å². The fourth-order valence-corrected chi connectivity index (χ4v) is 3.68. The number of rotatable bonds is 4. The number of nitrogens with one attached hydrogen (secondary N) is 1. The van der Waals surface area contributed by atoms with Gasteiger partial charge in [-0.15, -0.1) is 0 Å². The molecule has 2 aromatic rings. The molecule has 6 nitrogen and oxygen atoms in total. The van der Waals surface area contributed by atoms with Crippen molar-refractivity contribution in [1.82, 2.24) is 9.88 Å². The van der Waals surface area contributed by atoms with Gasteiger partial charge >= 0.3 is 0 Å². The summed E-state index contributed by atoms with van der Waals surface area (Å²) in [7, 11) is 1.97. The number of hydrogen-bond acceptors (Lipinski definition) is 4. The largest absolute Gasteiger partial charge is 0.371 e. The Balaban J connectivity index is 1.79. The van der Waals surface area contributed by atoms with Crippen LogP contribution in [0.1, 0.15) is 30.1 Å². The molecule has 0 radical (unpaired) electrons. The quantitative estimate of drug-likeness (QED) is 0.808. The molecule has 1 aromatic heterocycles. The minimum atomic E-state index is -0.291. The van der Waals surface area contributed by atoms with Gasteiger partial charge in [0.15, 0.2) is 0 Å². The van der Waals surface area contributed by atoms with Crippen LogP contribution < -0.4 is 10.2 Å². The highest BCUT2D eigenvalue weighted by atomic mass is 35.5. The molecule has 1 fully saturated rings. The number of nitrogens with zero attached hydrogens (tertiary/aromatic N) is 3. The topological polar surface area (TPSA) is 65.5 Å². The molecule has 1 saturated heterocycles. The number of hydrogen-bond donors (Lipinski definition) is 1. The van der Waals surface area contributed by atoms with Crippen LogP contribution in [0.4, 0.5) is 11.5 Å². The van der Waals surface area contributed by atoms with Crippen molar-refractivity contribution in [2.45, 2.75) is 25.8 Å². The lowest BCUT2D eigenvalue weighted by Gasteiger charge is -2.38. The molecule has 3 rings (SSSR count). The van der Waals surface area contributed by atoms with Crippen molar-refractivity contribution in [3.63, 3.8) is 0 Å². The van der Waals surface area contributed by atoms with Gasteiger partial charge in [-0.1, -0.05) is 23.2 Å². The minimum absolute atomic E-state index is 0.100. The molecule has 0 bridgehead atoms. The first-order chi connectivity index (χ1) is 13.3. The van der Waals surface area contributed by atoms with Gasteiger partial charge in [-0.2, -0.15) is 0 Å². The Bertz CT molecular complexity index is 865. The second-order valence-corrected chi connectivity index (χ2v) is 7.70. The van der Waals surface area contributed by atoms with Gasteiger partial charge in [0.2, 0.25) is 5.91 Å². The second-order valence-electron chi connectivity index (χ2n) is 6.83. The van der Waals surface area contributed by atoms with E-state index < -0.39 is 0 Å². The third kappa shape index (κ3) is 4.75. The van der Waals surface area contributed by atoms with E-state index in [2.05, 4.69) is 15.2 Å². The molecule has 0 unspecified atom stereocenters. The Hall–Kier alpha value is -2.31. The first-order valence-corrected chi connectivity index (χ1v) is 9.81. The zero-order valence-corrected chi connectivity index (χ0v) is 17.3. The Labute approximate surface area is 174 Å². The maximum absolute atomic E-state index is 12.9. The molecule has 2 heterocycles. The Kier molecular flexibility index (Phi) is 6.42. The van der Waals surface area contributed by atoms with Crippen molar-refractivity contribution >= 4 is 46.5 Å². The lowest BCUT2D eigenvalue weighted by molar-refractivity contribution is -0.129. The lowest BCUT2D eigenvalue weighted by atomic mass is 10.0. The van der Waals surface area contributed by atoms with Gasteiger partial charge in [-0.25, -0.2) is 4.98 Å². The van der Waals surface area contributed by atoms with Crippen LogP contribution in [0.15, 0.2) is 36.5 Å². The summed E-state index contributed by atoms with van der Waals surface area (Å²) < 4.78 is 0. The van der Waals surface area contributed by atoms with E-state index in [0.29, 0.717) is 34.5 Å². The molecule has 0 aliphatic carbocycles. The fourth-order valence-electron chi connectivity index (χ4n) is 3.40. The highest BCUT2D eigenvalue weighted by Gasteiger charge is 2.26. The van der Waals surface area contributed by atoms with E-state index >= 15 is 0 Å². The van der Waals surface area contributed by atoms with Crippen molar-refractivity contribution < 1.29 is 9.59 Å². The Morgan fingerprint density at radius 1 is 1.14 bits per heavy atom. The van der Waals surface area contributed by atoms with Crippen molar-refractivity contribution in [2.75, 3.05) is 30.4 Å². The molecule has 2 amide bonds. The standard InChI is InChI=1S/C20H22Cl2N4O2/c1-13(27)26-9-7-16(8-10-26)25(2)18-5-3-14(21)11-17(18)20(28)24-19-6-4-15(22)12-23-19/h3-6,11-12,16H,7-10H2,1-2H3,(H,23,24,28). The summed E-state index contributed by atoms with van der Waals surface area (Å²) in [5, 5.41) is 3.77. The average molecular weight is 421 g/mol. The summed E-state index contributed by atoms with van der Waals surface area (Å²) >= 11 is 12.0. The van der Waals surface area contributed by atoms with E-state index in [0.717, 1.165) is 18.5 Å². The molecule has 0 saturated carbocycles. The number of amides is 2. The van der Waals surface area contributed by atoms with Crippen molar-refractivity contribution in [3.8, 4) is 0 Å². The average Bonchev–Trinajstić information content (AvgIpc) is 2.69. The molecule has 1 aliphatic rings. The number of pyridine rings is 1. The SMILES string of the molecule is CC(=O)N1CCC(N(C)c2ccc(Cl)cc2C(=O)Nc2ccc(Cl)cn2)CC1. The normalized spacial score (nSPS) is 14.6. The molecule has 28 heavy (non-hydrogen) atoms. The molecule has 1 aromatic carbocycles. The third-order valence-electron chi connectivity index (χ3n) is 5.01. The number of benzene rings is 1. The van der Waals surface area contributed by atoms with Crippen LogP contribution in [0, 0.1) is 0 Å². The molecule has 148 valence electrons. The van der Waals surface area contributed by atoms with Gasteiger partial charge in [0.05, 0.1) is 10.6 Å². The molecule has 0 spiro atoms. The van der Waals surface area contributed by atoms with E-state index in [9.17, 15) is 9.59 Å². The van der Waals surface area contributed by atoms with Crippen molar-refractivity contribution in [2.24, 2.45) is 0 Å². The van der Waals surface area contributed by atoms with E-state index in [4.69, 9.17) is 23.2 Å². The highest BCUT2D eigenvalue weighted by Crippen LogP contribution is 2.29. The maximum atomic E-state index is 12.9. The van der Waals surface area contributed by atoms with Gasteiger partial charge < -0.3 is 15.1 Å². The van der Waals surface area contributed by atoms with E-state index in [1.165, 1.54) is 6.20 Å². The lowest BCUT2D eigenvalue weighted by Crippen LogP contribution is -2.45. The van der Waals surface area contributed by atoms with Crippen LogP contribution in [0.25, 0.3) is 0 Å². The van der Waals surface area contributed by atoms with Crippen LogP contribution in [0.3, 0.4) is 0 Å². The van der Waals surface area contributed by atoms with E-state index in [1.54, 1.807) is 31.2 Å².